The van der Waals surface area contributed by atoms with E-state index in [0.29, 0.717) is 50.4 Å². The zero-order valence-electron chi connectivity index (χ0n) is 17.6. The summed E-state index contributed by atoms with van der Waals surface area (Å²) >= 11 is 0. The SMILES string of the molecule is N#CC1(CNc2nc(-c3ccnc(NC4CCC(N)CC4)c3)ccc2F)CCOCC1. The predicted octanol–water partition coefficient (Wildman–Crippen LogP) is 3.70. The zero-order valence-corrected chi connectivity index (χ0v) is 17.6. The van der Waals surface area contributed by atoms with E-state index in [2.05, 4.69) is 26.7 Å². The van der Waals surface area contributed by atoms with Gasteiger partial charge in [-0.2, -0.15) is 5.26 Å². The van der Waals surface area contributed by atoms with Crippen LogP contribution in [-0.4, -0.2) is 41.8 Å². The minimum atomic E-state index is -0.557. The number of nitrogens with zero attached hydrogens (tertiary/aromatic N) is 3. The molecule has 1 aliphatic carbocycles. The summed E-state index contributed by atoms with van der Waals surface area (Å²) in [6.07, 6.45) is 7.08. The fraction of sp³-hybridized carbons (Fsp3) is 0.522. The zero-order chi connectivity index (χ0) is 21.7. The van der Waals surface area contributed by atoms with Crippen molar-refractivity contribution in [3.63, 3.8) is 0 Å². The molecule has 31 heavy (non-hydrogen) atoms. The van der Waals surface area contributed by atoms with Crippen LogP contribution in [0.5, 0.6) is 0 Å². The van der Waals surface area contributed by atoms with Crippen molar-refractivity contribution >= 4 is 11.6 Å². The molecule has 0 aromatic carbocycles. The summed E-state index contributed by atoms with van der Waals surface area (Å²) in [5.74, 6) is 0.505. The van der Waals surface area contributed by atoms with Gasteiger partial charge in [0.25, 0.3) is 0 Å². The molecule has 0 unspecified atom stereocenters. The molecule has 8 heteroatoms. The quantitative estimate of drug-likeness (QED) is 0.649. The molecule has 0 bridgehead atoms. The van der Waals surface area contributed by atoms with Crippen LogP contribution < -0.4 is 16.4 Å². The van der Waals surface area contributed by atoms with E-state index in [-0.39, 0.29) is 5.82 Å². The maximum Gasteiger partial charge on any atom is 0.165 e. The molecule has 4 N–H and O–H groups in total. The van der Waals surface area contributed by atoms with Gasteiger partial charge in [-0.15, -0.1) is 0 Å². The third kappa shape index (κ3) is 5.30. The standard InChI is InChI=1S/C23H29FN6O/c24-19-5-6-20(30-22(19)28-15-23(14-25)8-11-31-12-9-23)16-7-10-27-21(13-16)29-18-3-1-17(26)2-4-18/h5-7,10,13,17-18H,1-4,8-9,11-12,15,26H2,(H,27,29)(H,28,30). The first-order valence-corrected chi connectivity index (χ1v) is 10.9. The van der Waals surface area contributed by atoms with Crippen molar-refractivity contribution in [3.8, 4) is 17.3 Å². The lowest BCUT2D eigenvalue weighted by Gasteiger charge is -2.30. The molecular weight excluding hydrogens is 395 g/mol. The lowest BCUT2D eigenvalue weighted by atomic mass is 9.82. The number of nitrogens with two attached hydrogens (primary N) is 1. The molecule has 2 aromatic rings. The summed E-state index contributed by atoms with van der Waals surface area (Å²) in [7, 11) is 0. The minimum Gasteiger partial charge on any atom is -0.381 e. The number of aromatic nitrogens is 2. The third-order valence-corrected chi connectivity index (χ3v) is 6.31. The van der Waals surface area contributed by atoms with Gasteiger partial charge in [-0.3, -0.25) is 0 Å². The van der Waals surface area contributed by atoms with Crippen LogP contribution in [0.15, 0.2) is 30.5 Å². The van der Waals surface area contributed by atoms with Gasteiger partial charge in [0.15, 0.2) is 11.6 Å². The van der Waals surface area contributed by atoms with Crippen LogP contribution in [0.2, 0.25) is 0 Å². The maximum absolute atomic E-state index is 14.4. The topological polar surface area (TPSA) is 109 Å². The number of nitrogens with one attached hydrogen (secondary N) is 2. The smallest absolute Gasteiger partial charge is 0.165 e. The molecule has 2 fully saturated rings. The molecule has 4 rings (SSSR count). The second-order valence-electron chi connectivity index (χ2n) is 8.57. The Balaban J connectivity index is 1.47. The van der Waals surface area contributed by atoms with E-state index >= 15 is 0 Å². The highest BCUT2D eigenvalue weighted by Crippen LogP contribution is 2.31. The van der Waals surface area contributed by atoms with Crippen molar-refractivity contribution in [2.24, 2.45) is 11.1 Å². The Morgan fingerprint density at radius 2 is 1.97 bits per heavy atom. The molecule has 0 atom stereocenters. The van der Waals surface area contributed by atoms with E-state index in [1.807, 2.05) is 12.1 Å². The lowest BCUT2D eigenvalue weighted by molar-refractivity contribution is 0.0455. The first kappa shape index (κ1) is 21.5. The first-order valence-electron chi connectivity index (χ1n) is 10.9. The Hall–Kier alpha value is -2.76. The lowest BCUT2D eigenvalue weighted by Crippen LogP contribution is -2.35. The molecule has 2 aliphatic rings. The Kier molecular flexibility index (Phi) is 6.64. The monoisotopic (exact) mass is 424 g/mol. The van der Waals surface area contributed by atoms with Crippen molar-refractivity contribution in [1.29, 1.82) is 5.26 Å². The van der Waals surface area contributed by atoms with Crippen molar-refractivity contribution < 1.29 is 9.13 Å². The maximum atomic E-state index is 14.4. The molecule has 2 aromatic heterocycles. The van der Waals surface area contributed by atoms with Gasteiger partial charge in [0, 0.05) is 43.6 Å². The minimum absolute atomic E-state index is 0.159. The number of hydrogen-bond donors (Lipinski definition) is 3. The molecule has 0 radical (unpaired) electrons. The molecule has 0 spiro atoms. The number of hydrogen-bond acceptors (Lipinski definition) is 7. The van der Waals surface area contributed by atoms with Crippen LogP contribution in [0, 0.1) is 22.6 Å². The van der Waals surface area contributed by atoms with E-state index < -0.39 is 11.2 Å². The predicted molar refractivity (Wildman–Crippen MR) is 118 cm³/mol. The molecule has 7 nitrogen and oxygen atoms in total. The highest BCUT2D eigenvalue weighted by molar-refractivity contribution is 5.64. The van der Waals surface area contributed by atoms with E-state index in [0.717, 1.165) is 37.1 Å². The van der Waals surface area contributed by atoms with Crippen LogP contribution in [-0.2, 0) is 4.74 Å². The van der Waals surface area contributed by atoms with Gasteiger partial charge in [0.2, 0.25) is 0 Å². The number of ether oxygens (including phenoxy) is 1. The van der Waals surface area contributed by atoms with Crippen molar-refractivity contribution in [1.82, 2.24) is 9.97 Å². The highest BCUT2D eigenvalue weighted by Gasteiger charge is 2.33. The molecule has 0 amide bonds. The second-order valence-corrected chi connectivity index (χ2v) is 8.57. The average Bonchev–Trinajstić information content (AvgIpc) is 2.81. The van der Waals surface area contributed by atoms with Gasteiger partial charge in [-0.05, 0) is 62.8 Å². The third-order valence-electron chi connectivity index (χ3n) is 6.31. The molecule has 1 saturated heterocycles. The Labute approximate surface area is 182 Å². The highest BCUT2D eigenvalue weighted by atomic mass is 19.1. The van der Waals surface area contributed by atoms with Crippen molar-refractivity contribution in [2.45, 2.75) is 50.6 Å². The van der Waals surface area contributed by atoms with E-state index in [9.17, 15) is 9.65 Å². The van der Waals surface area contributed by atoms with Crippen LogP contribution in [0.4, 0.5) is 16.0 Å². The summed E-state index contributed by atoms with van der Waals surface area (Å²) in [5, 5.41) is 16.2. The fourth-order valence-electron chi connectivity index (χ4n) is 4.21. The number of pyridine rings is 2. The normalized spacial score (nSPS) is 23.0. The van der Waals surface area contributed by atoms with Crippen LogP contribution in [0.1, 0.15) is 38.5 Å². The van der Waals surface area contributed by atoms with Gasteiger partial charge in [-0.25, -0.2) is 14.4 Å². The van der Waals surface area contributed by atoms with Gasteiger partial charge < -0.3 is 21.1 Å². The Morgan fingerprint density at radius 3 is 2.71 bits per heavy atom. The average molecular weight is 425 g/mol. The van der Waals surface area contributed by atoms with Gasteiger partial charge in [0.05, 0.1) is 17.2 Å². The Bertz CT molecular complexity index is 932. The molecule has 1 aliphatic heterocycles. The number of rotatable bonds is 6. The van der Waals surface area contributed by atoms with Gasteiger partial charge >= 0.3 is 0 Å². The van der Waals surface area contributed by atoms with Gasteiger partial charge in [-0.1, -0.05) is 0 Å². The number of halogens is 1. The number of anilines is 2. The van der Waals surface area contributed by atoms with Gasteiger partial charge in [0.1, 0.15) is 5.82 Å². The second kappa shape index (κ2) is 9.58. The molecule has 164 valence electrons. The van der Waals surface area contributed by atoms with E-state index in [1.165, 1.54) is 6.07 Å². The molecular formula is C23H29FN6O. The van der Waals surface area contributed by atoms with Crippen LogP contribution in [0.25, 0.3) is 11.3 Å². The summed E-state index contributed by atoms with van der Waals surface area (Å²) in [4.78, 5) is 8.92. The van der Waals surface area contributed by atoms with E-state index in [1.54, 1.807) is 12.3 Å². The molecule has 1 saturated carbocycles. The fourth-order valence-corrected chi connectivity index (χ4v) is 4.21. The largest absolute Gasteiger partial charge is 0.381 e. The van der Waals surface area contributed by atoms with Crippen LogP contribution >= 0.6 is 0 Å². The van der Waals surface area contributed by atoms with E-state index in [4.69, 9.17) is 10.5 Å². The van der Waals surface area contributed by atoms with Crippen molar-refractivity contribution in [2.75, 3.05) is 30.4 Å². The summed E-state index contributed by atoms with van der Waals surface area (Å²) in [6, 6.07) is 9.92. The number of nitriles is 1. The van der Waals surface area contributed by atoms with Crippen molar-refractivity contribution in [3.05, 3.63) is 36.3 Å². The first-order chi connectivity index (χ1) is 15.1. The van der Waals surface area contributed by atoms with Crippen LogP contribution in [0.3, 0.4) is 0 Å². The molecule has 3 heterocycles. The summed E-state index contributed by atoms with van der Waals surface area (Å²) in [5.41, 5.74) is 6.94. The summed E-state index contributed by atoms with van der Waals surface area (Å²) < 4.78 is 19.8. The summed E-state index contributed by atoms with van der Waals surface area (Å²) in [6.45, 7) is 1.43. The Morgan fingerprint density at radius 1 is 1.19 bits per heavy atom.